The molecule has 0 aliphatic heterocycles. The Balaban J connectivity index is 1.57. The molecule has 0 saturated heterocycles. The zero-order chi connectivity index (χ0) is 24.8. The topological polar surface area (TPSA) is 116 Å². The fraction of sp³-hybridized carbons (Fsp3) is 0.154. The van der Waals surface area contributed by atoms with Gasteiger partial charge in [0.1, 0.15) is 17.5 Å². The summed E-state index contributed by atoms with van der Waals surface area (Å²) in [5, 5.41) is 21.1. The highest BCUT2D eigenvalue weighted by atomic mass is 35.5. The van der Waals surface area contributed by atoms with Crippen molar-refractivity contribution in [3.63, 3.8) is 0 Å². The lowest BCUT2D eigenvalue weighted by Crippen LogP contribution is -2.25. The fourth-order valence-corrected chi connectivity index (χ4v) is 3.65. The summed E-state index contributed by atoms with van der Waals surface area (Å²) in [5.74, 6) is -0.0977. The van der Waals surface area contributed by atoms with E-state index in [4.69, 9.17) is 11.6 Å². The molecule has 0 unspecified atom stereocenters. The number of nitrogens with one attached hydrogen (secondary N) is 3. The van der Waals surface area contributed by atoms with Crippen LogP contribution in [0.25, 0.3) is 5.69 Å². The first-order valence-electron chi connectivity index (χ1n) is 11.0. The van der Waals surface area contributed by atoms with Crippen LogP contribution in [0.5, 0.6) is 0 Å². The average molecular weight is 487 g/mol. The minimum Gasteiger partial charge on any atom is -0.369 e. The molecule has 0 bridgehead atoms. The van der Waals surface area contributed by atoms with Gasteiger partial charge in [-0.3, -0.25) is 9.59 Å². The van der Waals surface area contributed by atoms with E-state index < -0.39 is 0 Å². The van der Waals surface area contributed by atoms with Gasteiger partial charge in [0.25, 0.3) is 5.91 Å². The maximum atomic E-state index is 13.2. The molecule has 0 radical (unpaired) electrons. The van der Waals surface area contributed by atoms with Crippen LogP contribution < -0.4 is 10.6 Å². The van der Waals surface area contributed by atoms with Crippen LogP contribution in [0.1, 0.15) is 44.0 Å². The number of carbonyl (C=O) groups excluding carboxylic acids is 2. The number of halogens is 1. The van der Waals surface area contributed by atoms with E-state index in [1.807, 2.05) is 19.1 Å². The smallest absolute Gasteiger partial charge is 0.252 e. The van der Waals surface area contributed by atoms with Crippen molar-refractivity contribution in [3.05, 3.63) is 100.0 Å². The lowest BCUT2D eigenvalue weighted by molar-refractivity contribution is 0.0953. The molecule has 1 amide bonds. The lowest BCUT2D eigenvalue weighted by atomic mass is 10.0. The molecule has 35 heavy (non-hydrogen) atoms. The average Bonchev–Trinajstić information content (AvgIpc) is 3.53. The van der Waals surface area contributed by atoms with Crippen molar-refractivity contribution in [1.29, 1.82) is 5.26 Å². The molecule has 0 saturated carbocycles. The number of H-pyrrole nitrogens is 1. The summed E-state index contributed by atoms with van der Waals surface area (Å²) in [4.78, 5) is 28.2. The first-order chi connectivity index (χ1) is 17.0. The largest absolute Gasteiger partial charge is 0.369 e. The van der Waals surface area contributed by atoms with Crippen LogP contribution in [0.3, 0.4) is 0 Å². The predicted molar refractivity (Wildman–Crippen MR) is 134 cm³/mol. The van der Waals surface area contributed by atoms with Crippen LogP contribution in [0.2, 0.25) is 5.02 Å². The van der Waals surface area contributed by atoms with Crippen molar-refractivity contribution in [2.75, 3.05) is 18.4 Å². The molecule has 2 aromatic heterocycles. The molecule has 8 nitrogen and oxygen atoms in total. The van der Waals surface area contributed by atoms with Gasteiger partial charge in [-0.25, -0.2) is 4.68 Å². The minimum atomic E-state index is -0.337. The maximum Gasteiger partial charge on any atom is 0.252 e. The van der Waals surface area contributed by atoms with Gasteiger partial charge in [-0.15, -0.1) is 0 Å². The van der Waals surface area contributed by atoms with Crippen molar-refractivity contribution < 1.29 is 9.59 Å². The van der Waals surface area contributed by atoms with Gasteiger partial charge in [-0.2, -0.15) is 10.4 Å². The van der Waals surface area contributed by atoms with Crippen molar-refractivity contribution in [2.24, 2.45) is 0 Å². The number of rotatable bonds is 9. The van der Waals surface area contributed by atoms with E-state index >= 15 is 0 Å². The number of hydrogen-bond donors (Lipinski definition) is 3. The number of amides is 1. The summed E-state index contributed by atoms with van der Waals surface area (Å²) in [6.45, 7) is 2.82. The standard InChI is InChI=1S/C26H23ClN6O2/c1-17-3-5-18(6-4-17)24(34)23-22(15-28)25(33(32-23)21-9-7-20(27)8-10-21)30-12-2-13-31-26(35)19-11-14-29-16-19/h3-11,14,16,29-30H,2,12-13H2,1H3,(H,31,35). The monoisotopic (exact) mass is 486 g/mol. The highest BCUT2D eigenvalue weighted by Crippen LogP contribution is 2.26. The van der Waals surface area contributed by atoms with E-state index in [0.29, 0.717) is 47.2 Å². The van der Waals surface area contributed by atoms with Gasteiger partial charge in [0, 0.05) is 36.1 Å². The molecule has 2 aromatic carbocycles. The number of anilines is 1. The molecule has 9 heteroatoms. The van der Waals surface area contributed by atoms with Crippen LogP contribution in [-0.4, -0.2) is 39.5 Å². The van der Waals surface area contributed by atoms with Crippen LogP contribution >= 0.6 is 11.6 Å². The molecule has 176 valence electrons. The Morgan fingerprint density at radius 3 is 2.46 bits per heavy atom. The summed E-state index contributed by atoms with van der Waals surface area (Å²) < 4.78 is 1.54. The summed E-state index contributed by atoms with van der Waals surface area (Å²) in [5.41, 5.74) is 2.91. The minimum absolute atomic E-state index is 0.0644. The van der Waals surface area contributed by atoms with Gasteiger partial charge >= 0.3 is 0 Å². The van der Waals surface area contributed by atoms with E-state index in [-0.39, 0.29) is 22.9 Å². The van der Waals surface area contributed by atoms with Gasteiger partial charge in [0.05, 0.1) is 11.3 Å². The summed E-state index contributed by atoms with van der Waals surface area (Å²) >= 11 is 6.04. The Kier molecular flexibility index (Phi) is 7.29. The zero-order valence-corrected chi connectivity index (χ0v) is 19.8. The van der Waals surface area contributed by atoms with Crippen molar-refractivity contribution in [2.45, 2.75) is 13.3 Å². The van der Waals surface area contributed by atoms with Gasteiger partial charge in [-0.05, 0) is 43.7 Å². The van der Waals surface area contributed by atoms with Crippen molar-refractivity contribution in [1.82, 2.24) is 20.1 Å². The number of nitrogens with zero attached hydrogens (tertiary/aromatic N) is 3. The van der Waals surface area contributed by atoms with Gasteiger partial charge in [0.15, 0.2) is 5.69 Å². The molecule has 4 rings (SSSR count). The van der Waals surface area contributed by atoms with Crippen molar-refractivity contribution in [3.8, 4) is 11.8 Å². The molecule has 3 N–H and O–H groups in total. The van der Waals surface area contributed by atoms with Gasteiger partial charge in [0.2, 0.25) is 5.78 Å². The SMILES string of the molecule is Cc1ccc(C(=O)c2nn(-c3ccc(Cl)cc3)c(NCCCNC(=O)c3cc[nH]c3)c2C#N)cc1. The Hall–Kier alpha value is -4.35. The summed E-state index contributed by atoms with van der Waals surface area (Å²) in [6.07, 6.45) is 3.91. The molecule has 0 spiro atoms. The van der Waals surface area contributed by atoms with Gasteiger partial charge < -0.3 is 15.6 Å². The fourth-order valence-electron chi connectivity index (χ4n) is 3.52. The Labute approximate surface area is 207 Å². The second-order valence-electron chi connectivity index (χ2n) is 7.90. The Morgan fingerprint density at radius 2 is 1.80 bits per heavy atom. The number of hydrogen-bond acceptors (Lipinski definition) is 5. The summed E-state index contributed by atoms with van der Waals surface area (Å²) in [7, 11) is 0. The Morgan fingerprint density at radius 1 is 1.06 bits per heavy atom. The zero-order valence-electron chi connectivity index (χ0n) is 19.0. The van der Waals surface area contributed by atoms with Crippen molar-refractivity contribution >= 4 is 29.1 Å². The second kappa shape index (κ2) is 10.7. The molecule has 0 aliphatic carbocycles. The molecule has 0 atom stereocenters. The molecule has 2 heterocycles. The number of aryl methyl sites for hydroxylation is 1. The number of ketones is 1. The quantitative estimate of drug-likeness (QED) is 0.238. The van der Waals surface area contributed by atoms with Crippen LogP contribution in [0.4, 0.5) is 5.82 Å². The van der Waals surface area contributed by atoms with Gasteiger partial charge in [-0.1, -0.05) is 41.4 Å². The number of carbonyl (C=O) groups is 2. The predicted octanol–water partition coefficient (Wildman–Crippen LogP) is 4.50. The van der Waals surface area contributed by atoms with E-state index in [0.717, 1.165) is 5.56 Å². The Bertz CT molecular complexity index is 1370. The maximum absolute atomic E-state index is 13.2. The molecular formula is C26H23ClN6O2. The third-order valence-electron chi connectivity index (χ3n) is 5.39. The lowest BCUT2D eigenvalue weighted by Gasteiger charge is -2.11. The third-order valence-corrected chi connectivity index (χ3v) is 5.64. The van der Waals surface area contributed by atoms with Crippen LogP contribution in [-0.2, 0) is 0 Å². The highest BCUT2D eigenvalue weighted by molar-refractivity contribution is 6.30. The third kappa shape index (κ3) is 5.42. The first kappa shape index (κ1) is 23.8. The molecule has 0 aliphatic rings. The number of aromatic nitrogens is 3. The first-order valence-corrected chi connectivity index (χ1v) is 11.4. The van der Waals surface area contributed by atoms with E-state index in [9.17, 15) is 14.9 Å². The number of nitriles is 1. The molecular weight excluding hydrogens is 464 g/mol. The normalized spacial score (nSPS) is 10.5. The molecule has 4 aromatic rings. The van der Waals surface area contributed by atoms with E-state index in [2.05, 4.69) is 26.8 Å². The number of aromatic amines is 1. The van der Waals surface area contributed by atoms with E-state index in [1.54, 1.807) is 54.9 Å². The summed E-state index contributed by atoms with van der Waals surface area (Å²) in [6, 6.07) is 17.9. The van der Waals surface area contributed by atoms with Crippen LogP contribution in [0.15, 0.2) is 67.0 Å². The van der Waals surface area contributed by atoms with E-state index in [1.165, 1.54) is 4.68 Å². The number of benzene rings is 2. The van der Waals surface area contributed by atoms with Crippen LogP contribution in [0, 0.1) is 18.3 Å². The second-order valence-corrected chi connectivity index (χ2v) is 8.34. The molecule has 0 fully saturated rings. The highest BCUT2D eigenvalue weighted by Gasteiger charge is 2.25.